The molecular formula is C23H39IN4O3. The van der Waals surface area contributed by atoms with Gasteiger partial charge in [0.15, 0.2) is 17.5 Å². The quantitative estimate of drug-likeness (QED) is 0.204. The minimum atomic E-state index is 0. The van der Waals surface area contributed by atoms with Crippen molar-refractivity contribution < 1.29 is 14.3 Å². The second-order valence-corrected chi connectivity index (χ2v) is 7.89. The molecule has 1 amide bonds. The van der Waals surface area contributed by atoms with E-state index in [1.54, 1.807) is 21.3 Å². The van der Waals surface area contributed by atoms with Crippen LogP contribution < -0.4 is 20.1 Å². The number of hydrogen-bond donors (Lipinski definition) is 2. The number of nitrogens with one attached hydrogen (secondary N) is 2. The molecule has 2 rings (SSSR count). The second kappa shape index (κ2) is 15.2. The lowest BCUT2D eigenvalue weighted by Gasteiger charge is -2.23. The number of rotatable bonds is 10. The van der Waals surface area contributed by atoms with Gasteiger partial charge in [-0.1, -0.05) is 25.3 Å². The molecule has 0 aromatic heterocycles. The van der Waals surface area contributed by atoms with Crippen molar-refractivity contribution >= 4 is 35.8 Å². The van der Waals surface area contributed by atoms with Gasteiger partial charge >= 0.3 is 0 Å². The SMILES string of the molecule is CN=C(NCCNC(=O)CC1CCCCC1)N(C)CCc1ccc(OC)c(OC)c1.I. The Labute approximate surface area is 204 Å². The van der Waals surface area contributed by atoms with Gasteiger partial charge in [-0.25, -0.2) is 0 Å². The van der Waals surface area contributed by atoms with Gasteiger partial charge in [-0.15, -0.1) is 24.0 Å². The van der Waals surface area contributed by atoms with Gasteiger partial charge in [0.2, 0.25) is 5.91 Å². The number of likely N-dealkylation sites (N-methyl/N-ethyl adjacent to an activating group) is 1. The molecule has 1 aliphatic carbocycles. The van der Waals surface area contributed by atoms with Gasteiger partial charge < -0.3 is 25.0 Å². The van der Waals surface area contributed by atoms with Crippen LogP contribution in [-0.2, 0) is 11.2 Å². The van der Waals surface area contributed by atoms with Crippen LogP contribution in [0.15, 0.2) is 23.2 Å². The average molecular weight is 546 g/mol. The molecule has 1 aromatic rings. The van der Waals surface area contributed by atoms with Crippen LogP contribution in [0.4, 0.5) is 0 Å². The third-order valence-electron chi connectivity index (χ3n) is 5.69. The molecular weight excluding hydrogens is 507 g/mol. The number of carbonyl (C=O) groups is 1. The van der Waals surface area contributed by atoms with Crippen LogP contribution in [0.3, 0.4) is 0 Å². The summed E-state index contributed by atoms with van der Waals surface area (Å²) in [5.41, 5.74) is 1.17. The van der Waals surface area contributed by atoms with Crippen molar-refractivity contribution in [3.8, 4) is 11.5 Å². The van der Waals surface area contributed by atoms with Crippen molar-refractivity contribution in [2.24, 2.45) is 10.9 Å². The molecule has 0 unspecified atom stereocenters. The number of carbonyl (C=O) groups excluding carboxylic acids is 1. The molecule has 0 spiro atoms. The van der Waals surface area contributed by atoms with Gasteiger partial charge in [0.1, 0.15) is 0 Å². The number of guanidine groups is 1. The van der Waals surface area contributed by atoms with Crippen LogP contribution >= 0.6 is 24.0 Å². The first-order valence-electron chi connectivity index (χ1n) is 11.0. The summed E-state index contributed by atoms with van der Waals surface area (Å²) >= 11 is 0. The predicted octanol–water partition coefficient (Wildman–Crippen LogP) is 3.46. The van der Waals surface area contributed by atoms with E-state index in [1.165, 1.54) is 37.7 Å². The Morgan fingerprint density at radius 2 is 1.77 bits per heavy atom. The maximum atomic E-state index is 12.1. The Balaban J connectivity index is 0.00000480. The normalized spacial score (nSPS) is 14.4. The monoisotopic (exact) mass is 546 g/mol. The van der Waals surface area contributed by atoms with Gasteiger partial charge in [0.25, 0.3) is 0 Å². The molecule has 176 valence electrons. The fraction of sp³-hybridized carbons (Fsp3) is 0.652. The third-order valence-corrected chi connectivity index (χ3v) is 5.69. The number of halogens is 1. The highest BCUT2D eigenvalue weighted by atomic mass is 127. The van der Waals surface area contributed by atoms with Gasteiger partial charge in [-0.05, 0) is 42.9 Å². The molecule has 0 saturated heterocycles. The van der Waals surface area contributed by atoms with Crippen LogP contribution in [0.5, 0.6) is 11.5 Å². The summed E-state index contributed by atoms with van der Waals surface area (Å²) in [6, 6.07) is 5.98. The van der Waals surface area contributed by atoms with Gasteiger partial charge in [-0.2, -0.15) is 0 Å². The highest BCUT2D eigenvalue weighted by Crippen LogP contribution is 2.28. The van der Waals surface area contributed by atoms with Crippen molar-refractivity contribution in [1.29, 1.82) is 0 Å². The Morgan fingerprint density at radius 3 is 2.42 bits per heavy atom. The first-order chi connectivity index (χ1) is 14.6. The van der Waals surface area contributed by atoms with E-state index in [4.69, 9.17) is 9.47 Å². The largest absolute Gasteiger partial charge is 0.493 e. The lowest BCUT2D eigenvalue weighted by atomic mass is 9.87. The van der Waals surface area contributed by atoms with Crippen molar-refractivity contribution in [3.63, 3.8) is 0 Å². The van der Waals surface area contributed by atoms with Crippen molar-refractivity contribution in [3.05, 3.63) is 23.8 Å². The van der Waals surface area contributed by atoms with E-state index in [-0.39, 0.29) is 29.9 Å². The van der Waals surface area contributed by atoms with E-state index in [0.29, 0.717) is 25.4 Å². The minimum absolute atomic E-state index is 0. The molecule has 0 atom stereocenters. The van der Waals surface area contributed by atoms with Crippen LogP contribution in [0, 0.1) is 5.92 Å². The van der Waals surface area contributed by atoms with Gasteiger partial charge in [-0.3, -0.25) is 9.79 Å². The Bertz CT molecular complexity index is 693. The Morgan fingerprint density at radius 1 is 1.10 bits per heavy atom. The fourth-order valence-corrected chi connectivity index (χ4v) is 3.93. The Kier molecular flexibility index (Phi) is 13.4. The summed E-state index contributed by atoms with van der Waals surface area (Å²) in [5, 5.41) is 6.35. The van der Waals surface area contributed by atoms with Crippen LogP contribution in [0.1, 0.15) is 44.1 Å². The van der Waals surface area contributed by atoms with Gasteiger partial charge in [0, 0.05) is 40.2 Å². The molecule has 0 bridgehead atoms. The molecule has 31 heavy (non-hydrogen) atoms. The van der Waals surface area contributed by atoms with Crippen molar-refractivity contribution in [2.45, 2.75) is 44.9 Å². The van der Waals surface area contributed by atoms with Crippen LogP contribution in [0.2, 0.25) is 0 Å². The molecule has 2 N–H and O–H groups in total. The Hall–Kier alpha value is -1.71. The van der Waals surface area contributed by atoms with Crippen molar-refractivity contribution in [2.75, 3.05) is 47.9 Å². The highest BCUT2D eigenvalue weighted by Gasteiger charge is 2.16. The fourth-order valence-electron chi connectivity index (χ4n) is 3.93. The number of benzene rings is 1. The molecule has 7 nitrogen and oxygen atoms in total. The molecule has 0 aliphatic heterocycles. The third kappa shape index (κ3) is 9.53. The zero-order chi connectivity index (χ0) is 21.8. The molecule has 1 aromatic carbocycles. The van der Waals surface area contributed by atoms with E-state index < -0.39 is 0 Å². The predicted molar refractivity (Wildman–Crippen MR) is 137 cm³/mol. The van der Waals surface area contributed by atoms with Gasteiger partial charge in [0.05, 0.1) is 14.2 Å². The number of nitrogens with zero attached hydrogens (tertiary/aromatic N) is 2. The molecule has 1 aliphatic rings. The summed E-state index contributed by atoms with van der Waals surface area (Å²) in [7, 11) is 7.07. The van der Waals surface area contributed by atoms with Crippen LogP contribution in [0.25, 0.3) is 0 Å². The molecule has 0 heterocycles. The second-order valence-electron chi connectivity index (χ2n) is 7.89. The topological polar surface area (TPSA) is 75.2 Å². The first-order valence-corrected chi connectivity index (χ1v) is 11.0. The zero-order valence-electron chi connectivity index (χ0n) is 19.4. The number of ether oxygens (including phenoxy) is 2. The summed E-state index contributed by atoms with van der Waals surface area (Å²) in [4.78, 5) is 18.5. The van der Waals surface area contributed by atoms with Crippen LogP contribution in [-0.4, -0.2) is 64.7 Å². The van der Waals surface area contributed by atoms with Crippen molar-refractivity contribution in [1.82, 2.24) is 15.5 Å². The van der Waals surface area contributed by atoms with E-state index >= 15 is 0 Å². The van der Waals surface area contributed by atoms with E-state index in [2.05, 4.69) is 20.5 Å². The average Bonchev–Trinajstić information content (AvgIpc) is 2.77. The molecule has 0 radical (unpaired) electrons. The van der Waals surface area contributed by atoms with E-state index in [9.17, 15) is 4.79 Å². The number of methoxy groups -OCH3 is 2. The lowest BCUT2D eigenvalue weighted by molar-refractivity contribution is -0.122. The smallest absolute Gasteiger partial charge is 0.220 e. The molecule has 8 heteroatoms. The first kappa shape index (κ1) is 27.3. The maximum Gasteiger partial charge on any atom is 0.220 e. The summed E-state index contributed by atoms with van der Waals surface area (Å²) in [5.74, 6) is 3.03. The lowest BCUT2D eigenvalue weighted by Crippen LogP contribution is -2.43. The highest BCUT2D eigenvalue weighted by molar-refractivity contribution is 14.0. The minimum Gasteiger partial charge on any atom is -0.493 e. The number of aliphatic imine (C=N–C) groups is 1. The summed E-state index contributed by atoms with van der Waals surface area (Å²) in [6.07, 6.45) is 7.78. The number of hydrogen-bond acceptors (Lipinski definition) is 4. The summed E-state index contributed by atoms with van der Waals surface area (Å²) in [6.45, 7) is 2.07. The molecule has 1 fully saturated rings. The molecule has 1 saturated carbocycles. The van der Waals surface area contributed by atoms with E-state index in [1.807, 2.05) is 25.2 Å². The number of amides is 1. The summed E-state index contributed by atoms with van der Waals surface area (Å²) < 4.78 is 10.7. The maximum absolute atomic E-state index is 12.1. The van der Waals surface area contributed by atoms with E-state index in [0.717, 1.165) is 30.4 Å². The standard InChI is InChI=1S/C23H38N4O3.HI/c1-24-23(26-14-13-25-22(28)17-18-8-6-5-7-9-18)27(2)15-12-19-10-11-20(29-3)21(16-19)30-4;/h10-11,16,18H,5-9,12-15,17H2,1-4H3,(H,24,26)(H,25,28);1H. The zero-order valence-corrected chi connectivity index (χ0v) is 21.7.